The molecule has 0 saturated heterocycles. The molecule has 0 unspecified atom stereocenters. The van der Waals surface area contributed by atoms with Crippen molar-refractivity contribution in [3.63, 3.8) is 0 Å². The van der Waals surface area contributed by atoms with Crippen molar-refractivity contribution in [1.29, 1.82) is 0 Å². The summed E-state index contributed by atoms with van der Waals surface area (Å²) in [5.41, 5.74) is 9.96. The highest BCUT2D eigenvalue weighted by Crippen LogP contribution is 2.29. The molecular weight excluding hydrogens is 272 g/mol. The van der Waals surface area contributed by atoms with Crippen LogP contribution in [0.3, 0.4) is 0 Å². The summed E-state index contributed by atoms with van der Waals surface area (Å²) in [4.78, 5) is 11.1. The van der Waals surface area contributed by atoms with Crippen molar-refractivity contribution < 1.29 is 4.79 Å². The molecule has 22 heavy (non-hydrogen) atoms. The van der Waals surface area contributed by atoms with E-state index in [0.29, 0.717) is 5.56 Å². The lowest BCUT2D eigenvalue weighted by molar-refractivity contribution is 0.100. The number of benzene rings is 3. The number of carbonyl (C=O) groups is 1. The normalized spacial score (nSPS) is 10.2. The maximum absolute atomic E-state index is 11.1. The zero-order valence-corrected chi connectivity index (χ0v) is 12.0. The minimum Gasteiger partial charge on any atom is -0.366 e. The van der Waals surface area contributed by atoms with E-state index in [0.717, 1.165) is 22.5 Å². The Morgan fingerprint density at radius 1 is 0.773 bits per heavy atom. The minimum atomic E-state index is -0.420. The van der Waals surface area contributed by atoms with Crippen molar-refractivity contribution in [1.82, 2.24) is 0 Å². The molecule has 0 atom stereocenters. The molecule has 0 heterocycles. The Bertz CT molecular complexity index is 780. The van der Waals surface area contributed by atoms with Crippen molar-refractivity contribution in [2.45, 2.75) is 0 Å². The van der Waals surface area contributed by atoms with Gasteiger partial charge in [-0.15, -0.1) is 0 Å². The van der Waals surface area contributed by atoms with Crippen LogP contribution in [0.4, 0.5) is 11.4 Å². The molecular formula is C19H16N2O. The molecule has 0 fully saturated rings. The first-order valence-electron chi connectivity index (χ1n) is 7.05. The third-order valence-electron chi connectivity index (χ3n) is 3.46. The Morgan fingerprint density at radius 2 is 1.41 bits per heavy atom. The molecule has 3 nitrogen and oxygen atoms in total. The largest absolute Gasteiger partial charge is 0.366 e. The molecule has 0 aromatic heterocycles. The molecule has 3 heteroatoms. The number of primary amides is 1. The van der Waals surface area contributed by atoms with E-state index in [1.807, 2.05) is 48.5 Å². The van der Waals surface area contributed by atoms with Crippen LogP contribution in [0.5, 0.6) is 0 Å². The molecule has 0 saturated carbocycles. The Labute approximate surface area is 129 Å². The maximum atomic E-state index is 11.1. The van der Waals surface area contributed by atoms with E-state index in [4.69, 9.17) is 5.73 Å². The van der Waals surface area contributed by atoms with Crippen LogP contribution in [-0.4, -0.2) is 5.91 Å². The Kier molecular flexibility index (Phi) is 3.88. The fourth-order valence-corrected chi connectivity index (χ4v) is 2.33. The van der Waals surface area contributed by atoms with Gasteiger partial charge in [0.2, 0.25) is 5.91 Å². The molecule has 0 spiro atoms. The molecule has 0 aliphatic carbocycles. The molecule has 108 valence electrons. The summed E-state index contributed by atoms with van der Waals surface area (Å²) < 4.78 is 0. The second-order valence-corrected chi connectivity index (χ2v) is 4.98. The first-order chi connectivity index (χ1) is 10.7. The van der Waals surface area contributed by atoms with Crippen LogP contribution < -0.4 is 11.1 Å². The van der Waals surface area contributed by atoms with Crippen LogP contribution in [0.25, 0.3) is 11.1 Å². The van der Waals surface area contributed by atoms with Gasteiger partial charge in [0.15, 0.2) is 0 Å². The monoisotopic (exact) mass is 288 g/mol. The van der Waals surface area contributed by atoms with Gasteiger partial charge >= 0.3 is 0 Å². The van der Waals surface area contributed by atoms with Gasteiger partial charge in [0.25, 0.3) is 0 Å². The average molecular weight is 288 g/mol. The van der Waals surface area contributed by atoms with Crippen LogP contribution in [0.15, 0.2) is 78.9 Å². The second-order valence-electron chi connectivity index (χ2n) is 4.98. The molecule has 3 rings (SSSR count). The lowest BCUT2D eigenvalue weighted by atomic mass is 10.0. The second kappa shape index (κ2) is 6.14. The Hall–Kier alpha value is -3.07. The summed E-state index contributed by atoms with van der Waals surface area (Å²) in [5.74, 6) is -0.420. The van der Waals surface area contributed by atoms with E-state index < -0.39 is 5.91 Å². The van der Waals surface area contributed by atoms with Crippen molar-refractivity contribution in [2.24, 2.45) is 5.73 Å². The third-order valence-corrected chi connectivity index (χ3v) is 3.46. The molecule has 0 aliphatic heterocycles. The van der Waals surface area contributed by atoms with Gasteiger partial charge in [-0.3, -0.25) is 4.79 Å². The molecule has 3 aromatic carbocycles. The Balaban J connectivity index is 1.91. The summed E-state index contributed by atoms with van der Waals surface area (Å²) in [6.45, 7) is 0. The van der Waals surface area contributed by atoms with Crippen molar-refractivity contribution in [3.05, 3.63) is 84.4 Å². The van der Waals surface area contributed by atoms with Crippen LogP contribution in [0, 0.1) is 0 Å². The fourth-order valence-electron chi connectivity index (χ4n) is 2.33. The van der Waals surface area contributed by atoms with E-state index in [-0.39, 0.29) is 0 Å². The highest BCUT2D eigenvalue weighted by atomic mass is 16.1. The molecule has 1 amide bonds. The van der Waals surface area contributed by atoms with E-state index >= 15 is 0 Å². The van der Waals surface area contributed by atoms with Gasteiger partial charge in [0.05, 0.1) is 0 Å². The maximum Gasteiger partial charge on any atom is 0.248 e. The molecule has 0 aliphatic rings. The van der Waals surface area contributed by atoms with Crippen molar-refractivity contribution >= 4 is 17.3 Å². The van der Waals surface area contributed by atoms with Gasteiger partial charge in [0, 0.05) is 22.5 Å². The average Bonchev–Trinajstić information content (AvgIpc) is 2.57. The first kappa shape index (κ1) is 13.9. The number of nitrogens with one attached hydrogen (secondary N) is 1. The number of hydrogen-bond donors (Lipinski definition) is 2. The summed E-state index contributed by atoms with van der Waals surface area (Å²) in [7, 11) is 0. The fraction of sp³-hybridized carbons (Fsp3) is 0. The number of para-hydroxylation sites is 1. The summed E-state index contributed by atoms with van der Waals surface area (Å²) >= 11 is 0. The van der Waals surface area contributed by atoms with Crippen LogP contribution in [0.2, 0.25) is 0 Å². The first-order valence-corrected chi connectivity index (χ1v) is 7.05. The summed E-state index contributed by atoms with van der Waals surface area (Å²) in [5, 5.41) is 3.39. The van der Waals surface area contributed by atoms with Gasteiger partial charge in [0.1, 0.15) is 0 Å². The highest BCUT2D eigenvalue weighted by Gasteiger charge is 2.05. The van der Waals surface area contributed by atoms with Gasteiger partial charge in [-0.1, -0.05) is 48.5 Å². The number of hydrogen-bond acceptors (Lipinski definition) is 2. The number of carbonyl (C=O) groups excluding carboxylic acids is 1. The summed E-state index contributed by atoms with van der Waals surface area (Å²) in [6, 6.07) is 25.5. The van der Waals surface area contributed by atoms with Crippen LogP contribution >= 0.6 is 0 Å². The van der Waals surface area contributed by atoms with E-state index in [9.17, 15) is 4.79 Å². The highest BCUT2D eigenvalue weighted by molar-refractivity contribution is 5.93. The summed E-state index contributed by atoms with van der Waals surface area (Å²) in [6.07, 6.45) is 0. The van der Waals surface area contributed by atoms with Crippen LogP contribution in [-0.2, 0) is 0 Å². The standard InChI is InChI=1S/C19H16N2O/c20-19(22)15-10-12-16(13-11-15)21-18-9-5-4-8-17(18)14-6-2-1-3-7-14/h1-13,21H,(H2,20,22). The third kappa shape index (κ3) is 2.99. The number of amides is 1. The van der Waals surface area contributed by atoms with Gasteiger partial charge in [-0.05, 0) is 35.9 Å². The van der Waals surface area contributed by atoms with Gasteiger partial charge in [-0.2, -0.15) is 0 Å². The minimum absolute atomic E-state index is 0.420. The topological polar surface area (TPSA) is 55.1 Å². The van der Waals surface area contributed by atoms with Crippen LogP contribution in [0.1, 0.15) is 10.4 Å². The Morgan fingerprint density at radius 3 is 2.09 bits per heavy atom. The van der Waals surface area contributed by atoms with E-state index in [1.165, 1.54) is 0 Å². The predicted octanol–water partition coefficient (Wildman–Crippen LogP) is 4.20. The lowest BCUT2D eigenvalue weighted by Gasteiger charge is -2.12. The SMILES string of the molecule is NC(=O)c1ccc(Nc2ccccc2-c2ccccc2)cc1. The molecule has 3 aromatic rings. The van der Waals surface area contributed by atoms with Crippen molar-refractivity contribution in [2.75, 3.05) is 5.32 Å². The number of rotatable bonds is 4. The molecule has 0 bridgehead atoms. The zero-order chi connectivity index (χ0) is 15.4. The van der Waals surface area contributed by atoms with Gasteiger partial charge < -0.3 is 11.1 Å². The smallest absolute Gasteiger partial charge is 0.248 e. The van der Waals surface area contributed by atoms with E-state index in [2.05, 4.69) is 23.5 Å². The van der Waals surface area contributed by atoms with E-state index in [1.54, 1.807) is 12.1 Å². The van der Waals surface area contributed by atoms with Crippen molar-refractivity contribution in [3.8, 4) is 11.1 Å². The molecule has 3 N–H and O–H groups in total. The predicted molar refractivity (Wildman–Crippen MR) is 90.1 cm³/mol. The lowest BCUT2D eigenvalue weighted by Crippen LogP contribution is -2.10. The number of anilines is 2. The van der Waals surface area contributed by atoms with Gasteiger partial charge in [-0.25, -0.2) is 0 Å². The zero-order valence-electron chi connectivity index (χ0n) is 12.0. The molecule has 0 radical (unpaired) electrons. The number of nitrogens with two attached hydrogens (primary N) is 1. The quantitative estimate of drug-likeness (QED) is 0.756.